The molecule has 0 aliphatic rings. The van der Waals surface area contributed by atoms with Gasteiger partial charge in [-0.25, -0.2) is 0 Å². The number of aromatic nitrogens is 1. The van der Waals surface area contributed by atoms with Crippen LogP contribution in [-0.4, -0.2) is 15.4 Å². The lowest BCUT2D eigenvalue weighted by Gasteiger charge is -2.04. The molecule has 1 aromatic heterocycles. The average Bonchev–Trinajstić information content (AvgIpc) is 2.93. The Morgan fingerprint density at radius 3 is 2.73 bits per heavy atom. The first-order valence-electron chi connectivity index (χ1n) is 8.34. The summed E-state index contributed by atoms with van der Waals surface area (Å²) in [5.74, 6) is -0.473. The zero-order valence-electron chi connectivity index (χ0n) is 14.9. The van der Waals surface area contributed by atoms with Gasteiger partial charge in [0.25, 0.3) is 11.6 Å². The van der Waals surface area contributed by atoms with Gasteiger partial charge in [0.1, 0.15) is 0 Å². The molecular formula is C19H19N3O3S. The minimum Gasteiger partial charge on any atom is -0.316 e. The molecule has 3 rings (SSSR count). The molecule has 6 nitrogen and oxygen atoms in total. The maximum atomic E-state index is 12.6. The van der Waals surface area contributed by atoms with Crippen LogP contribution in [0.3, 0.4) is 0 Å². The molecule has 1 heterocycles. The monoisotopic (exact) mass is 369 g/mol. The molecule has 7 heteroatoms. The van der Waals surface area contributed by atoms with Gasteiger partial charge in [-0.2, -0.15) is 4.99 Å². The van der Waals surface area contributed by atoms with E-state index in [1.165, 1.54) is 29.5 Å². The number of nitrogens with zero attached hydrogens (tertiary/aromatic N) is 3. The van der Waals surface area contributed by atoms with E-state index in [9.17, 15) is 14.9 Å². The third-order valence-electron chi connectivity index (χ3n) is 4.06. The van der Waals surface area contributed by atoms with Crippen LogP contribution in [0, 0.1) is 24.0 Å². The van der Waals surface area contributed by atoms with Gasteiger partial charge in [0.2, 0.25) is 0 Å². The Hall–Kier alpha value is -2.80. The standard InChI is InChI=1S/C19H19N3O3S/c1-4-8-21-16-10-12(2)9-13(3)17(16)26-19(21)20-18(23)14-6-5-7-15(11-14)22(24)25/h5-7,9-11H,4,8H2,1-3H3. The molecule has 3 aromatic rings. The van der Waals surface area contributed by atoms with Crippen LogP contribution in [0.2, 0.25) is 0 Å². The van der Waals surface area contributed by atoms with Gasteiger partial charge in [-0.15, -0.1) is 0 Å². The van der Waals surface area contributed by atoms with E-state index in [1.54, 1.807) is 6.07 Å². The van der Waals surface area contributed by atoms with Crippen molar-refractivity contribution < 1.29 is 9.72 Å². The van der Waals surface area contributed by atoms with E-state index < -0.39 is 10.8 Å². The Morgan fingerprint density at radius 2 is 2.04 bits per heavy atom. The fraction of sp³-hybridized carbons (Fsp3) is 0.263. The second kappa shape index (κ2) is 7.21. The van der Waals surface area contributed by atoms with Crippen LogP contribution in [0.5, 0.6) is 0 Å². The maximum absolute atomic E-state index is 12.6. The van der Waals surface area contributed by atoms with Crippen LogP contribution >= 0.6 is 11.3 Å². The number of aryl methyl sites for hydroxylation is 3. The van der Waals surface area contributed by atoms with Crippen molar-refractivity contribution in [1.82, 2.24) is 4.57 Å². The molecule has 0 saturated heterocycles. The zero-order chi connectivity index (χ0) is 18.8. The topological polar surface area (TPSA) is 77.5 Å². The van der Waals surface area contributed by atoms with E-state index >= 15 is 0 Å². The Balaban J connectivity index is 2.16. The van der Waals surface area contributed by atoms with Gasteiger partial charge in [-0.05, 0) is 43.5 Å². The number of carbonyl (C=O) groups is 1. The first kappa shape index (κ1) is 18.0. The number of benzene rings is 2. The van der Waals surface area contributed by atoms with E-state index in [0.717, 1.165) is 34.3 Å². The predicted molar refractivity (Wildman–Crippen MR) is 103 cm³/mol. The number of hydrogen-bond acceptors (Lipinski definition) is 4. The Kier molecular flexibility index (Phi) is 4.99. The van der Waals surface area contributed by atoms with Gasteiger partial charge in [-0.3, -0.25) is 14.9 Å². The summed E-state index contributed by atoms with van der Waals surface area (Å²) in [4.78, 5) is 27.9. The Bertz CT molecular complexity index is 1080. The van der Waals surface area contributed by atoms with Gasteiger partial charge < -0.3 is 4.57 Å². The molecular weight excluding hydrogens is 350 g/mol. The fourth-order valence-electron chi connectivity index (χ4n) is 2.94. The van der Waals surface area contributed by atoms with Gasteiger partial charge >= 0.3 is 0 Å². The van der Waals surface area contributed by atoms with Crippen molar-refractivity contribution in [2.75, 3.05) is 0 Å². The molecule has 0 bridgehead atoms. The quantitative estimate of drug-likeness (QED) is 0.506. The summed E-state index contributed by atoms with van der Waals surface area (Å²) in [5, 5.41) is 10.9. The zero-order valence-corrected chi connectivity index (χ0v) is 15.7. The van der Waals surface area contributed by atoms with Crippen LogP contribution < -0.4 is 4.80 Å². The van der Waals surface area contributed by atoms with E-state index in [-0.39, 0.29) is 11.3 Å². The van der Waals surface area contributed by atoms with Crippen molar-refractivity contribution in [2.45, 2.75) is 33.7 Å². The Morgan fingerprint density at radius 1 is 1.27 bits per heavy atom. The highest BCUT2D eigenvalue weighted by molar-refractivity contribution is 7.16. The van der Waals surface area contributed by atoms with Gasteiger partial charge in [-0.1, -0.05) is 30.4 Å². The minimum atomic E-state index is -0.514. The molecule has 0 fully saturated rings. The normalized spacial score (nSPS) is 11.9. The number of thiazole rings is 1. The van der Waals surface area contributed by atoms with E-state index in [1.807, 2.05) is 13.8 Å². The van der Waals surface area contributed by atoms with Crippen LogP contribution in [0.15, 0.2) is 41.4 Å². The predicted octanol–water partition coefficient (Wildman–Crippen LogP) is 4.38. The largest absolute Gasteiger partial charge is 0.316 e. The second-order valence-corrected chi connectivity index (χ2v) is 7.17. The van der Waals surface area contributed by atoms with Crippen molar-refractivity contribution in [3.8, 4) is 0 Å². The van der Waals surface area contributed by atoms with Gasteiger partial charge in [0.15, 0.2) is 4.80 Å². The summed E-state index contributed by atoms with van der Waals surface area (Å²) in [6.45, 7) is 6.93. The molecule has 0 unspecified atom stereocenters. The molecule has 0 aliphatic heterocycles. The SMILES string of the molecule is CCCn1c(=NC(=O)c2cccc([N+](=O)[O-])c2)sc2c(C)cc(C)cc21. The first-order chi connectivity index (χ1) is 12.4. The lowest BCUT2D eigenvalue weighted by atomic mass is 10.1. The van der Waals surface area contributed by atoms with E-state index in [0.29, 0.717) is 4.80 Å². The molecule has 0 N–H and O–H groups in total. The molecule has 0 spiro atoms. The van der Waals surface area contributed by atoms with Crippen molar-refractivity contribution in [3.05, 3.63) is 68.0 Å². The van der Waals surface area contributed by atoms with Gasteiger partial charge in [0, 0.05) is 24.2 Å². The molecule has 2 aromatic carbocycles. The number of fused-ring (bicyclic) bond motifs is 1. The maximum Gasteiger partial charge on any atom is 0.279 e. The molecule has 26 heavy (non-hydrogen) atoms. The lowest BCUT2D eigenvalue weighted by Crippen LogP contribution is -2.17. The van der Waals surface area contributed by atoms with Crippen LogP contribution in [0.25, 0.3) is 10.2 Å². The molecule has 1 amide bonds. The number of hydrogen-bond donors (Lipinski definition) is 0. The summed E-state index contributed by atoms with van der Waals surface area (Å²) in [5.41, 5.74) is 3.48. The number of carbonyl (C=O) groups excluding carboxylic acids is 1. The minimum absolute atomic E-state index is 0.115. The number of amides is 1. The van der Waals surface area contributed by atoms with Crippen molar-refractivity contribution >= 4 is 33.1 Å². The van der Waals surface area contributed by atoms with Crippen LogP contribution in [0.1, 0.15) is 34.8 Å². The fourth-order valence-corrected chi connectivity index (χ4v) is 4.05. The summed E-state index contributed by atoms with van der Waals surface area (Å²) in [6.07, 6.45) is 0.914. The summed E-state index contributed by atoms with van der Waals surface area (Å²) >= 11 is 1.47. The summed E-state index contributed by atoms with van der Waals surface area (Å²) < 4.78 is 3.16. The highest BCUT2D eigenvalue weighted by atomic mass is 32.1. The highest BCUT2D eigenvalue weighted by Crippen LogP contribution is 2.24. The average molecular weight is 369 g/mol. The number of non-ortho nitro benzene ring substituents is 1. The number of nitro benzene ring substituents is 1. The number of rotatable bonds is 4. The molecule has 0 saturated carbocycles. The van der Waals surface area contributed by atoms with E-state index in [2.05, 4.69) is 28.6 Å². The summed E-state index contributed by atoms with van der Waals surface area (Å²) in [7, 11) is 0. The van der Waals surface area contributed by atoms with Crippen LogP contribution in [-0.2, 0) is 6.54 Å². The third kappa shape index (κ3) is 3.43. The molecule has 134 valence electrons. The third-order valence-corrected chi connectivity index (χ3v) is 5.29. The highest BCUT2D eigenvalue weighted by Gasteiger charge is 2.13. The molecule has 0 atom stereocenters. The molecule has 0 radical (unpaired) electrons. The smallest absolute Gasteiger partial charge is 0.279 e. The first-order valence-corrected chi connectivity index (χ1v) is 9.16. The molecule has 0 aliphatic carbocycles. The second-order valence-electron chi connectivity index (χ2n) is 6.19. The Labute approximate surface area is 154 Å². The van der Waals surface area contributed by atoms with Crippen LogP contribution in [0.4, 0.5) is 5.69 Å². The van der Waals surface area contributed by atoms with Crippen molar-refractivity contribution in [2.24, 2.45) is 4.99 Å². The summed E-state index contributed by atoms with van der Waals surface area (Å²) in [6, 6.07) is 9.89. The van der Waals surface area contributed by atoms with Crippen molar-refractivity contribution in [3.63, 3.8) is 0 Å². The lowest BCUT2D eigenvalue weighted by molar-refractivity contribution is -0.384. The van der Waals surface area contributed by atoms with Gasteiger partial charge in [0.05, 0.1) is 15.1 Å². The van der Waals surface area contributed by atoms with E-state index in [4.69, 9.17) is 0 Å². The number of nitro groups is 1. The van der Waals surface area contributed by atoms with Crippen molar-refractivity contribution in [1.29, 1.82) is 0 Å².